The van der Waals surface area contributed by atoms with E-state index in [1.807, 2.05) is 0 Å². The van der Waals surface area contributed by atoms with Crippen LogP contribution in [0.15, 0.2) is 22.8 Å². The third kappa shape index (κ3) is 2.10. The number of amides is 1. The Morgan fingerprint density at radius 2 is 2.58 bits per heavy atom. The van der Waals surface area contributed by atoms with Gasteiger partial charge in [0.05, 0.1) is 12.9 Å². The number of rotatable bonds is 3. The maximum Gasteiger partial charge on any atom is 0.287 e. The third-order valence-corrected chi connectivity index (χ3v) is 1.40. The predicted octanol–water partition coefficient (Wildman–Crippen LogP) is 0.390. The number of hydrogen-bond donors (Lipinski definition) is 2. The second-order valence-corrected chi connectivity index (χ2v) is 2.53. The zero-order valence-electron chi connectivity index (χ0n) is 6.78. The standard InChI is InChI=1S/C8H11NO3/c1-6(5-10)9-8(11)7-3-2-4-12-7/h2-4,6,10H,5H2,1H3,(H,9,11)/t6-/m0/s1. The van der Waals surface area contributed by atoms with Crippen molar-refractivity contribution in [3.8, 4) is 0 Å². The summed E-state index contributed by atoms with van der Waals surface area (Å²) in [6.07, 6.45) is 1.43. The lowest BCUT2D eigenvalue weighted by Crippen LogP contribution is -2.34. The van der Waals surface area contributed by atoms with Gasteiger partial charge in [-0.15, -0.1) is 0 Å². The number of carbonyl (C=O) groups excluding carboxylic acids is 1. The molecule has 2 N–H and O–H groups in total. The molecule has 4 nitrogen and oxygen atoms in total. The predicted molar refractivity (Wildman–Crippen MR) is 42.7 cm³/mol. The summed E-state index contributed by atoms with van der Waals surface area (Å²) in [6, 6.07) is 2.96. The van der Waals surface area contributed by atoms with Crippen LogP contribution >= 0.6 is 0 Å². The van der Waals surface area contributed by atoms with E-state index in [4.69, 9.17) is 9.52 Å². The van der Waals surface area contributed by atoms with E-state index in [1.165, 1.54) is 6.26 Å². The molecule has 1 aromatic heterocycles. The summed E-state index contributed by atoms with van der Waals surface area (Å²) in [5, 5.41) is 11.2. The van der Waals surface area contributed by atoms with E-state index in [-0.39, 0.29) is 24.3 Å². The summed E-state index contributed by atoms with van der Waals surface area (Å²) < 4.78 is 4.85. The fraction of sp³-hybridized carbons (Fsp3) is 0.375. The Kier molecular flexibility index (Phi) is 2.88. The zero-order chi connectivity index (χ0) is 8.97. The van der Waals surface area contributed by atoms with E-state index in [1.54, 1.807) is 19.1 Å². The molecule has 0 bridgehead atoms. The molecule has 66 valence electrons. The molecule has 0 aromatic carbocycles. The lowest BCUT2D eigenvalue weighted by molar-refractivity contribution is 0.0894. The van der Waals surface area contributed by atoms with E-state index >= 15 is 0 Å². The molecular weight excluding hydrogens is 158 g/mol. The third-order valence-electron chi connectivity index (χ3n) is 1.40. The van der Waals surface area contributed by atoms with Crippen LogP contribution in [0.5, 0.6) is 0 Å². The van der Waals surface area contributed by atoms with Gasteiger partial charge in [0.15, 0.2) is 5.76 Å². The highest BCUT2D eigenvalue weighted by atomic mass is 16.3. The fourth-order valence-electron chi connectivity index (χ4n) is 0.748. The van der Waals surface area contributed by atoms with E-state index in [9.17, 15) is 4.79 Å². The zero-order valence-corrected chi connectivity index (χ0v) is 6.78. The van der Waals surface area contributed by atoms with Crippen molar-refractivity contribution >= 4 is 5.91 Å². The molecule has 1 heterocycles. The van der Waals surface area contributed by atoms with E-state index in [0.29, 0.717) is 0 Å². The maximum atomic E-state index is 11.2. The van der Waals surface area contributed by atoms with Gasteiger partial charge < -0.3 is 14.8 Å². The van der Waals surface area contributed by atoms with Gasteiger partial charge in [-0.25, -0.2) is 0 Å². The molecule has 12 heavy (non-hydrogen) atoms. The van der Waals surface area contributed by atoms with Crippen LogP contribution in [0, 0.1) is 0 Å². The Morgan fingerprint density at radius 3 is 3.08 bits per heavy atom. The number of aliphatic hydroxyl groups is 1. The quantitative estimate of drug-likeness (QED) is 0.688. The van der Waals surface area contributed by atoms with Gasteiger partial charge in [0.25, 0.3) is 5.91 Å². The van der Waals surface area contributed by atoms with Gasteiger partial charge in [-0.3, -0.25) is 4.79 Å². The lowest BCUT2D eigenvalue weighted by Gasteiger charge is -2.08. The summed E-state index contributed by atoms with van der Waals surface area (Å²) in [5.41, 5.74) is 0. The van der Waals surface area contributed by atoms with Crippen molar-refractivity contribution in [2.24, 2.45) is 0 Å². The summed E-state index contributed by atoms with van der Waals surface area (Å²) in [6.45, 7) is 1.63. The van der Waals surface area contributed by atoms with Gasteiger partial charge >= 0.3 is 0 Å². The maximum absolute atomic E-state index is 11.2. The second kappa shape index (κ2) is 3.92. The van der Waals surface area contributed by atoms with Gasteiger partial charge in [-0.2, -0.15) is 0 Å². The minimum absolute atomic E-state index is 0.0769. The summed E-state index contributed by atoms with van der Waals surface area (Å²) in [7, 11) is 0. The lowest BCUT2D eigenvalue weighted by atomic mass is 10.3. The van der Waals surface area contributed by atoms with Crippen LogP contribution in [-0.4, -0.2) is 23.7 Å². The van der Waals surface area contributed by atoms with Crippen LogP contribution in [0.3, 0.4) is 0 Å². The van der Waals surface area contributed by atoms with Gasteiger partial charge in [0, 0.05) is 6.04 Å². The minimum atomic E-state index is -0.304. The molecule has 0 aliphatic carbocycles. The molecule has 0 spiro atoms. The topological polar surface area (TPSA) is 62.5 Å². The Morgan fingerprint density at radius 1 is 1.83 bits per heavy atom. The first-order valence-electron chi connectivity index (χ1n) is 3.69. The summed E-state index contributed by atoms with van der Waals surface area (Å²) >= 11 is 0. The number of furan rings is 1. The molecule has 0 saturated heterocycles. The monoisotopic (exact) mass is 169 g/mol. The first kappa shape index (κ1) is 8.80. The molecule has 1 atom stereocenters. The number of nitrogens with one attached hydrogen (secondary N) is 1. The van der Waals surface area contributed by atoms with E-state index in [0.717, 1.165) is 0 Å². The Balaban J connectivity index is 2.50. The SMILES string of the molecule is C[C@@H](CO)NC(=O)c1ccco1. The molecule has 4 heteroatoms. The average Bonchev–Trinajstić information content (AvgIpc) is 2.56. The molecule has 1 rings (SSSR count). The van der Waals surface area contributed by atoms with Crippen LogP contribution in [0.2, 0.25) is 0 Å². The molecule has 0 aliphatic heterocycles. The van der Waals surface area contributed by atoms with Gasteiger partial charge in [-0.05, 0) is 19.1 Å². The molecule has 1 aromatic rings. The number of hydrogen-bond acceptors (Lipinski definition) is 3. The normalized spacial score (nSPS) is 12.5. The number of carbonyl (C=O) groups is 1. The Bertz CT molecular complexity index is 243. The molecule has 0 saturated carbocycles. The first-order chi connectivity index (χ1) is 5.74. The van der Waals surface area contributed by atoms with Crippen molar-refractivity contribution in [3.63, 3.8) is 0 Å². The molecule has 0 radical (unpaired) electrons. The van der Waals surface area contributed by atoms with Gasteiger partial charge in [0.1, 0.15) is 0 Å². The number of aliphatic hydroxyl groups excluding tert-OH is 1. The van der Waals surface area contributed by atoms with Crippen molar-refractivity contribution in [2.75, 3.05) is 6.61 Å². The van der Waals surface area contributed by atoms with Crippen LogP contribution < -0.4 is 5.32 Å². The minimum Gasteiger partial charge on any atom is -0.459 e. The van der Waals surface area contributed by atoms with Gasteiger partial charge in [-0.1, -0.05) is 0 Å². The van der Waals surface area contributed by atoms with Crippen molar-refractivity contribution < 1.29 is 14.3 Å². The van der Waals surface area contributed by atoms with Crippen molar-refractivity contribution in [3.05, 3.63) is 24.2 Å². The van der Waals surface area contributed by atoms with Crippen molar-refractivity contribution in [2.45, 2.75) is 13.0 Å². The van der Waals surface area contributed by atoms with Crippen LogP contribution in [-0.2, 0) is 0 Å². The largest absolute Gasteiger partial charge is 0.459 e. The molecule has 0 aliphatic rings. The highest BCUT2D eigenvalue weighted by Gasteiger charge is 2.10. The smallest absolute Gasteiger partial charge is 0.287 e. The second-order valence-electron chi connectivity index (χ2n) is 2.53. The van der Waals surface area contributed by atoms with E-state index < -0.39 is 0 Å². The van der Waals surface area contributed by atoms with Crippen molar-refractivity contribution in [1.29, 1.82) is 0 Å². The summed E-state index contributed by atoms with van der Waals surface area (Å²) in [4.78, 5) is 11.2. The molecule has 1 amide bonds. The Labute approximate surface area is 70.2 Å². The van der Waals surface area contributed by atoms with Gasteiger partial charge in [0.2, 0.25) is 0 Å². The van der Waals surface area contributed by atoms with Crippen LogP contribution in [0.4, 0.5) is 0 Å². The van der Waals surface area contributed by atoms with Crippen LogP contribution in [0.25, 0.3) is 0 Å². The average molecular weight is 169 g/mol. The molecule has 0 fully saturated rings. The van der Waals surface area contributed by atoms with E-state index in [2.05, 4.69) is 5.32 Å². The van der Waals surface area contributed by atoms with Crippen molar-refractivity contribution in [1.82, 2.24) is 5.32 Å². The highest BCUT2D eigenvalue weighted by Crippen LogP contribution is 1.99. The Hall–Kier alpha value is -1.29. The fourth-order valence-corrected chi connectivity index (χ4v) is 0.748. The summed E-state index contributed by atoms with van der Waals surface area (Å²) in [5.74, 6) is -0.0446. The molecule has 0 unspecified atom stereocenters. The first-order valence-corrected chi connectivity index (χ1v) is 3.69. The highest BCUT2D eigenvalue weighted by molar-refractivity contribution is 5.91. The molecular formula is C8H11NO3. The van der Waals surface area contributed by atoms with Crippen LogP contribution in [0.1, 0.15) is 17.5 Å².